The van der Waals surface area contributed by atoms with Crippen molar-refractivity contribution in [2.24, 2.45) is 5.84 Å². The Kier molecular flexibility index (Phi) is 4.32. The first kappa shape index (κ1) is 14.8. The summed E-state index contributed by atoms with van der Waals surface area (Å²) in [5.74, 6) is 5.22. The van der Waals surface area contributed by atoms with Gasteiger partial charge in [-0.1, -0.05) is 12.8 Å². The van der Waals surface area contributed by atoms with E-state index in [0.717, 1.165) is 31.7 Å². The smallest absolute Gasteiger partial charge is 0.354 e. The van der Waals surface area contributed by atoms with Gasteiger partial charge in [-0.2, -0.15) is 18.2 Å². The first-order valence-electron chi connectivity index (χ1n) is 6.61. The van der Waals surface area contributed by atoms with E-state index in [1.54, 1.807) is 0 Å². The Balaban J connectivity index is 2.39. The molecular weight excluding hydrogens is 271 g/mol. The highest BCUT2D eigenvalue weighted by atomic mass is 19.4. The van der Waals surface area contributed by atoms with Crippen molar-refractivity contribution in [2.75, 3.05) is 16.9 Å². The quantitative estimate of drug-likeness (QED) is 0.647. The van der Waals surface area contributed by atoms with Crippen LogP contribution in [0.15, 0.2) is 6.07 Å². The maximum Gasteiger partial charge on any atom is 0.433 e. The largest absolute Gasteiger partial charge is 0.433 e. The number of rotatable bonds is 2. The lowest BCUT2D eigenvalue weighted by atomic mass is 10.1. The van der Waals surface area contributed by atoms with E-state index >= 15 is 0 Å². The zero-order chi connectivity index (χ0) is 14.8. The summed E-state index contributed by atoms with van der Waals surface area (Å²) < 4.78 is 38.6. The van der Waals surface area contributed by atoms with Gasteiger partial charge in [0.05, 0.1) is 0 Å². The van der Waals surface area contributed by atoms with Crippen molar-refractivity contribution < 1.29 is 13.2 Å². The van der Waals surface area contributed by atoms with E-state index in [1.165, 1.54) is 0 Å². The van der Waals surface area contributed by atoms with Crippen LogP contribution in [0, 0.1) is 0 Å². The van der Waals surface area contributed by atoms with Gasteiger partial charge in [-0.25, -0.2) is 10.8 Å². The number of nitrogens with two attached hydrogens (primary N) is 1. The summed E-state index contributed by atoms with van der Waals surface area (Å²) in [5, 5.41) is 0. The predicted octanol–water partition coefficient (Wildman–Crippen LogP) is 2.55. The SMILES string of the molecule is CC1CCCCCN1c1cc(C(F)(F)F)nc(NN)n1. The van der Waals surface area contributed by atoms with Gasteiger partial charge in [0.1, 0.15) is 5.82 Å². The molecule has 20 heavy (non-hydrogen) atoms. The standard InChI is InChI=1S/C12H18F3N5/c1-8-5-3-2-4-6-20(8)10-7-9(12(13,14)15)17-11(18-10)19-16/h7-8H,2-6,16H2,1H3,(H,17,18,19). The van der Waals surface area contributed by atoms with Gasteiger partial charge in [-0.05, 0) is 19.8 Å². The predicted molar refractivity (Wildman–Crippen MR) is 70.1 cm³/mol. The normalized spacial score (nSPS) is 20.6. The average Bonchev–Trinajstić information content (AvgIpc) is 2.62. The fraction of sp³-hybridized carbons (Fsp3) is 0.667. The summed E-state index contributed by atoms with van der Waals surface area (Å²) in [6, 6.07) is 1.14. The third-order valence-electron chi connectivity index (χ3n) is 3.48. The van der Waals surface area contributed by atoms with Crippen LogP contribution in [0.3, 0.4) is 0 Å². The van der Waals surface area contributed by atoms with Crippen molar-refractivity contribution in [3.05, 3.63) is 11.8 Å². The Morgan fingerprint density at radius 3 is 2.70 bits per heavy atom. The fourth-order valence-electron chi connectivity index (χ4n) is 2.41. The molecule has 0 radical (unpaired) electrons. The minimum absolute atomic E-state index is 0.152. The number of anilines is 2. The number of nitrogen functional groups attached to an aromatic ring is 1. The molecule has 0 aliphatic carbocycles. The van der Waals surface area contributed by atoms with Gasteiger partial charge in [0.15, 0.2) is 5.69 Å². The number of hydrogen-bond acceptors (Lipinski definition) is 5. The topological polar surface area (TPSA) is 67.1 Å². The molecule has 1 aromatic rings. The third-order valence-corrected chi connectivity index (χ3v) is 3.48. The maximum atomic E-state index is 12.9. The molecule has 3 N–H and O–H groups in total. The summed E-state index contributed by atoms with van der Waals surface area (Å²) in [6.45, 7) is 2.69. The molecule has 0 bridgehead atoms. The Labute approximate surface area is 115 Å². The second-order valence-electron chi connectivity index (χ2n) is 4.97. The van der Waals surface area contributed by atoms with E-state index in [2.05, 4.69) is 15.4 Å². The molecule has 1 unspecified atom stereocenters. The molecular formula is C12H18F3N5. The summed E-state index contributed by atoms with van der Waals surface area (Å²) >= 11 is 0. The third kappa shape index (κ3) is 3.30. The molecule has 1 saturated heterocycles. The molecule has 0 aromatic carbocycles. The lowest BCUT2D eigenvalue weighted by molar-refractivity contribution is -0.141. The first-order valence-corrected chi connectivity index (χ1v) is 6.61. The Morgan fingerprint density at radius 1 is 1.30 bits per heavy atom. The molecule has 1 atom stereocenters. The van der Waals surface area contributed by atoms with E-state index in [9.17, 15) is 13.2 Å². The Bertz CT molecular complexity index is 463. The summed E-state index contributed by atoms with van der Waals surface area (Å²) in [7, 11) is 0. The van der Waals surface area contributed by atoms with Crippen LogP contribution in [-0.4, -0.2) is 22.6 Å². The monoisotopic (exact) mass is 289 g/mol. The van der Waals surface area contributed by atoms with Crippen molar-refractivity contribution in [1.82, 2.24) is 9.97 Å². The Morgan fingerprint density at radius 2 is 2.05 bits per heavy atom. The van der Waals surface area contributed by atoms with E-state index < -0.39 is 11.9 Å². The molecule has 2 heterocycles. The number of alkyl halides is 3. The number of aromatic nitrogens is 2. The molecule has 2 rings (SSSR count). The van der Waals surface area contributed by atoms with Crippen LogP contribution in [0.5, 0.6) is 0 Å². The van der Waals surface area contributed by atoms with Crippen LogP contribution in [0.4, 0.5) is 24.9 Å². The summed E-state index contributed by atoms with van der Waals surface area (Å²) in [5.41, 5.74) is 1.12. The van der Waals surface area contributed by atoms with Crippen molar-refractivity contribution in [3.8, 4) is 0 Å². The molecule has 5 nitrogen and oxygen atoms in total. The second-order valence-corrected chi connectivity index (χ2v) is 4.97. The van der Waals surface area contributed by atoms with Crippen LogP contribution < -0.4 is 16.2 Å². The molecule has 112 valence electrons. The highest BCUT2D eigenvalue weighted by Gasteiger charge is 2.34. The minimum atomic E-state index is -4.52. The van der Waals surface area contributed by atoms with Gasteiger partial charge in [0.2, 0.25) is 5.95 Å². The van der Waals surface area contributed by atoms with E-state index in [0.29, 0.717) is 6.54 Å². The van der Waals surface area contributed by atoms with Gasteiger partial charge >= 0.3 is 6.18 Å². The molecule has 1 fully saturated rings. The van der Waals surface area contributed by atoms with E-state index in [1.807, 2.05) is 11.8 Å². The maximum absolute atomic E-state index is 12.9. The van der Waals surface area contributed by atoms with Crippen LogP contribution in [-0.2, 0) is 6.18 Å². The zero-order valence-corrected chi connectivity index (χ0v) is 11.2. The molecule has 0 amide bonds. The van der Waals surface area contributed by atoms with Crippen LogP contribution in [0.2, 0.25) is 0 Å². The summed E-state index contributed by atoms with van der Waals surface area (Å²) in [6.07, 6.45) is -0.465. The fourth-order valence-corrected chi connectivity index (χ4v) is 2.41. The number of hydrazine groups is 1. The summed E-state index contributed by atoms with van der Waals surface area (Å²) in [4.78, 5) is 9.32. The highest BCUT2D eigenvalue weighted by molar-refractivity contribution is 5.46. The number of nitrogens with zero attached hydrogens (tertiary/aromatic N) is 3. The van der Waals surface area contributed by atoms with Crippen LogP contribution in [0.25, 0.3) is 0 Å². The van der Waals surface area contributed by atoms with Gasteiger partial charge in [-0.15, -0.1) is 0 Å². The van der Waals surface area contributed by atoms with E-state index in [-0.39, 0.29) is 17.8 Å². The highest BCUT2D eigenvalue weighted by Crippen LogP contribution is 2.32. The van der Waals surface area contributed by atoms with Gasteiger partial charge in [0.25, 0.3) is 0 Å². The van der Waals surface area contributed by atoms with Crippen molar-refractivity contribution in [3.63, 3.8) is 0 Å². The number of halogens is 3. The lowest BCUT2D eigenvalue weighted by Gasteiger charge is -2.28. The first-order chi connectivity index (χ1) is 9.41. The molecule has 8 heteroatoms. The van der Waals surface area contributed by atoms with Crippen molar-refractivity contribution in [1.29, 1.82) is 0 Å². The number of nitrogens with one attached hydrogen (secondary N) is 1. The average molecular weight is 289 g/mol. The molecule has 1 aliphatic heterocycles. The minimum Gasteiger partial charge on any atom is -0.354 e. The molecule has 0 saturated carbocycles. The van der Waals surface area contributed by atoms with Gasteiger partial charge in [-0.3, -0.25) is 5.43 Å². The van der Waals surface area contributed by atoms with Crippen LogP contribution in [0.1, 0.15) is 38.3 Å². The zero-order valence-electron chi connectivity index (χ0n) is 11.2. The molecule has 1 aliphatic rings. The second kappa shape index (κ2) is 5.82. The molecule has 0 spiro atoms. The van der Waals surface area contributed by atoms with Crippen molar-refractivity contribution in [2.45, 2.75) is 44.8 Å². The van der Waals surface area contributed by atoms with Crippen molar-refractivity contribution >= 4 is 11.8 Å². The van der Waals surface area contributed by atoms with Gasteiger partial charge < -0.3 is 4.90 Å². The van der Waals surface area contributed by atoms with Crippen LogP contribution >= 0.6 is 0 Å². The lowest BCUT2D eigenvalue weighted by Crippen LogP contribution is -2.34. The number of hydrogen-bond donors (Lipinski definition) is 2. The molecule has 1 aromatic heterocycles. The van der Waals surface area contributed by atoms with E-state index in [4.69, 9.17) is 5.84 Å². The van der Waals surface area contributed by atoms with Gasteiger partial charge in [0, 0.05) is 18.7 Å². The Hall–Kier alpha value is -1.57.